The van der Waals surface area contributed by atoms with E-state index in [9.17, 15) is 14.4 Å². The molecule has 6 heteroatoms. The molecular weight excluding hydrogens is 841 g/mol. The Kier molecular flexibility index (Phi) is 53.4. The van der Waals surface area contributed by atoms with E-state index in [-0.39, 0.29) is 31.1 Å². The summed E-state index contributed by atoms with van der Waals surface area (Å²) in [5.41, 5.74) is 0. The number of esters is 3. The SMILES string of the molecule is CCCCC/C=C\C/C=C\C/C=C\CCCCCCCCC(=O)OC[C@@H](COC(=O)CCCCCCC/C=C\CCCCCCC)OC(=O)CCCCCC/C=C\C/C=C\C/C=C\CCCCC. The first-order chi connectivity index (χ1) is 33.5. The van der Waals surface area contributed by atoms with Crippen LogP contribution in [-0.4, -0.2) is 37.2 Å². The van der Waals surface area contributed by atoms with E-state index in [2.05, 4.69) is 106 Å². The van der Waals surface area contributed by atoms with E-state index in [1.54, 1.807) is 0 Å². The Morgan fingerprint density at radius 1 is 0.294 bits per heavy atom. The van der Waals surface area contributed by atoms with Crippen LogP contribution in [0.4, 0.5) is 0 Å². The Morgan fingerprint density at radius 3 is 0.868 bits per heavy atom. The fourth-order valence-corrected chi connectivity index (χ4v) is 7.74. The van der Waals surface area contributed by atoms with Gasteiger partial charge in [0.2, 0.25) is 0 Å². The second-order valence-electron chi connectivity index (χ2n) is 18.8. The van der Waals surface area contributed by atoms with Crippen LogP contribution in [0.25, 0.3) is 0 Å². The number of unbranched alkanes of at least 4 members (excludes halogenated alkanes) is 26. The van der Waals surface area contributed by atoms with Gasteiger partial charge in [0, 0.05) is 19.3 Å². The molecule has 0 saturated carbocycles. The first-order valence-corrected chi connectivity index (χ1v) is 28.6. The second kappa shape index (κ2) is 56.2. The van der Waals surface area contributed by atoms with E-state index in [0.717, 1.165) is 109 Å². The highest BCUT2D eigenvalue weighted by molar-refractivity contribution is 5.71. The van der Waals surface area contributed by atoms with E-state index in [4.69, 9.17) is 14.2 Å². The highest BCUT2D eigenvalue weighted by atomic mass is 16.6. The molecule has 0 unspecified atom stereocenters. The lowest BCUT2D eigenvalue weighted by Gasteiger charge is -2.18. The molecule has 0 aliphatic carbocycles. The lowest BCUT2D eigenvalue weighted by molar-refractivity contribution is -0.167. The summed E-state index contributed by atoms with van der Waals surface area (Å²) in [6, 6.07) is 0. The average Bonchev–Trinajstić information content (AvgIpc) is 3.34. The van der Waals surface area contributed by atoms with Gasteiger partial charge in [0.05, 0.1) is 0 Å². The smallest absolute Gasteiger partial charge is 0.306 e. The molecule has 390 valence electrons. The van der Waals surface area contributed by atoms with Gasteiger partial charge in [-0.3, -0.25) is 14.4 Å². The molecule has 0 amide bonds. The standard InChI is InChI=1S/C62H106O6/c1-4-7-10-13-16-19-22-25-28-30-31-33-34-37-40-43-46-49-52-55-61(64)67-58-59(57-66-60(63)54-51-48-45-42-39-36-27-24-21-18-15-12-9-6-3)68-62(65)56-53-50-47-44-41-38-35-32-29-26-23-20-17-14-11-8-5-2/h16-17,19-20,24-29,31,33,35,38,59H,4-15,18,21-23,30,32,34,36-37,39-58H2,1-3H3/b19-16-,20-17-,27-24-,28-25-,29-26-,33-31-,38-35-/t59-/m1/s1. The van der Waals surface area contributed by atoms with Crippen LogP contribution in [0.5, 0.6) is 0 Å². The van der Waals surface area contributed by atoms with Gasteiger partial charge in [0.25, 0.3) is 0 Å². The summed E-state index contributed by atoms with van der Waals surface area (Å²) < 4.78 is 16.8. The van der Waals surface area contributed by atoms with Crippen LogP contribution in [-0.2, 0) is 28.6 Å². The fraction of sp³-hybridized carbons (Fsp3) is 0.726. The van der Waals surface area contributed by atoms with Crippen LogP contribution >= 0.6 is 0 Å². The van der Waals surface area contributed by atoms with Crippen molar-refractivity contribution >= 4 is 17.9 Å². The maximum absolute atomic E-state index is 12.8. The van der Waals surface area contributed by atoms with Crippen LogP contribution in [0.1, 0.15) is 271 Å². The van der Waals surface area contributed by atoms with E-state index in [1.165, 1.54) is 122 Å². The summed E-state index contributed by atoms with van der Waals surface area (Å²) in [6.07, 6.45) is 72.7. The predicted molar refractivity (Wildman–Crippen MR) is 293 cm³/mol. The number of carbonyl (C=O) groups is 3. The summed E-state index contributed by atoms with van der Waals surface area (Å²) in [6.45, 7) is 6.55. The molecule has 0 heterocycles. The lowest BCUT2D eigenvalue weighted by Crippen LogP contribution is -2.30. The Morgan fingerprint density at radius 2 is 0.529 bits per heavy atom. The predicted octanol–water partition coefficient (Wildman–Crippen LogP) is 19.2. The summed E-state index contributed by atoms with van der Waals surface area (Å²) in [7, 11) is 0. The van der Waals surface area contributed by atoms with Crippen molar-refractivity contribution in [3.8, 4) is 0 Å². The van der Waals surface area contributed by atoms with Gasteiger partial charge in [-0.05, 0) is 122 Å². The minimum atomic E-state index is -0.798. The quantitative estimate of drug-likeness (QED) is 0.0262. The monoisotopic (exact) mass is 947 g/mol. The number of hydrogen-bond donors (Lipinski definition) is 0. The molecule has 0 fully saturated rings. The van der Waals surface area contributed by atoms with E-state index >= 15 is 0 Å². The van der Waals surface area contributed by atoms with Crippen molar-refractivity contribution in [3.63, 3.8) is 0 Å². The van der Waals surface area contributed by atoms with E-state index in [0.29, 0.717) is 19.3 Å². The van der Waals surface area contributed by atoms with Crippen LogP contribution in [0, 0.1) is 0 Å². The second-order valence-corrected chi connectivity index (χ2v) is 18.8. The van der Waals surface area contributed by atoms with Crippen molar-refractivity contribution in [2.75, 3.05) is 13.2 Å². The number of rotatable bonds is 51. The van der Waals surface area contributed by atoms with Gasteiger partial charge in [0.1, 0.15) is 13.2 Å². The molecule has 0 aliphatic rings. The van der Waals surface area contributed by atoms with Crippen molar-refractivity contribution in [1.29, 1.82) is 0 Å². The number of allylic oxidation sites excluding steroid dienone is 14. The number of hydrogen-bond acceptors (Lipinski definition) is 6. The fourth-order valence-electron chi connectivity index (χ4n) is 7.74. The third kappa shape index (κ3) is 53.5. The molecule has 0 aromatic rings. The first kappa shape index (κ1) is 64.6. The van der Waals surface area contributed by atoms with Gasteiger partial charge in [-0.2, -0.15) is 0 Å². The third-order valence-electron chi connectivity index (χ3n) is 12.1. The molecule has 6 nitrogen and oxygen atoms in total. The van der Waals surface area contributed by atoms with E-state index in [1.807, 2.05) is 0 Å². The molecular formula is C62H106O6. The van der Waals surface area contributed by atoms with Gasteiger partial charge >= 0.3 is 17.9 Å². The van der Waals surface area contributed by atoms with Gasteiger partial charge in [-0.15, -0.1) is 0 Å². The molecule has 0 rings (SSSR count). The zero-order valence-electron chi connectivity index (χ0n) is 44.6. The first-order valence-electron chi connectivity index (χ1n) is 28.6. The molecule has 0 N–H and O–H groups in total. The summed E-state index contributed by atoms with van der Waals surface area (Å²) >= 11 is 0. The third-order valence-corrected chi connectivity index (χ3v) is 12.1. The minimum absolute atomic E-state index is 0.0944. The molecule has 0 aliphatic heterocycles. The van der Waals surface area contributed by atoms with Crippen LogP contribution in [0.3, 0.4) is 0 Å². The van der Waals surface area contributed by atoms with Gasteiger partial charge in [-0.1, -0.05) is 215 Å². The Bertz CT molecular complexity index is 1320. The number of carbonyl (C=O) groups excluding carboxylic acids is 3. The highest BCUT2D eigenvalue weighted by Gasteiger charge is 2.19. The summed E-state index contributed by atoms with van der Waals surface area (Å²) in [5, 5.41) is 0. The normalized spacial score (nSPS) is 12.7. The Balaban J connectivity index is 4.46. The molecule has 0 aromatic carbocycles. The van der Waals surface area contributed by atoms with Gasteiger partial charge < -0.3 is 14.2 Å². The molecule has 0 radical (unpaired) electrons. The molecule has 1 atom stereocenters. The maximum atomic E-state index is 12.8. The van der Waals surface area contributed by atoms with E-state index < -0.39 is 6.10 Å². The van der Waals surface area contributed by atoms with Crippen molar-refractivity contribution in [2.45, 2.75) is 277 Å². The Hall–Kier alpha value is -3.41. The zero-order valence-corrected chi connectivity index (χ0v) is 44.6. The molecule has 0 bridgehead atoms. The van der Waals surface area contributed by atoms with Crippen molar-refractivity contribution in [3.05, 3.63) is 85.1 Å². The minimum Gasteiger partial charge on any atom is -0.462 e. The summed E-state index contributed by atoms with van der Waals surface area (Å²) in [4.78, 5) is 38.1. The van der Waals surface area contributed by atoms with Crippen LogP contribution in [0.2, 0.25) is 0 Å². The zero-order chi connectivity index (χ0) is 49.3. The van der Waals surface area contributed by atoms with Crippen LogP contribution < -0.4 is 0 Å². The van der Waals surface area contributed by atoms with Gasteiger partial charge in [0.15, 0.2) is 6.10 Å². The summed E-state index contributed by atoms with van der Waals surface area (Å²) in [5.74, 6) is -0.933. The lowest BCUT2D eigenvalue weighted by atomic mass is 10.1. The average molecular weight is 948 g/mol. The molecule has 0 aromatic heterocycles. The van der Waals surface area contributed by atoms with Crippen molar-refractivity contribution in [1.82, 2.24) is 0 Å². The maximum Gasteiger partial charge on any atom is 0.306 e. The van der Waals surface area contributed by atoms with Crippen molar-refractivity contribution in [2.24, 2.45) is 0 Å². The molecule has 0 saturated heterocycles. The highest BCUT2D eigenvalue weighted by Crippen LogP contribution is 2.14. The molecule has 0 spiro atoms. The largest absolute Gasteiger partial charge is 0.462 e. The van der Waals surface area contributed by atoms with Gasteiger partial charge in [-0.25, -0.2) is 0 Å². The van der Waals surface area contributed by atoms with Crippen LogP contribution in [0.15, 0.2) is 85.1 Å². The molecule has 68 heavy (non-hydrogen) atoms. The van der Waals surface area contributed by atoms with Crippen molar-refractivity contribution < 1.29 is 28.6 Å². The number of ether oxygens (including phenoxy) is 3. The topological polar surface area (TPSA) is 78.9 Å². The Labute approximate surface area is 420 Å².